The summed E-state index contributed by atoms with van der Waals surface area (Å²) < 4.78 is 50.2. The molecule has 1 fully saturated rings. The lowest BCUT2D eigenvalue weighted by Crippen LogP contribution is -2.46. The van der Waals surface area contributed by atoms with Gasteiger partial charge in [0.1, 0.15) is 0 Å². The number of rotatable bonds is 6. The molecule has 1 aliphatic carbocycles. The fraction of sp³-hybridized carbons (Fsp3) is 0.375. The molecule has 3 heterocycles. The highest BCUT2D eigenvalue weighted by molar-refractivity contribution is 5.94. The third kappa shape index (κ3) is 3.27. The van der Waals surface area contributed by atoms with Crippen LogP contribution in [-0.2, 0) is 14.9 Å². The van der Waals surface area contributed by atoms with Gasteiger partial charge in [-0.1, -0.05) is 13.8 Å². The van der Waals surface area contributed by atoms with Gasteiger partial charge in [0.05, 0.1) is 23.8 Å². The van der Waals surface area contributed by atoms with E-state index in [-0.39, 0.29) is 19.4 Å². The molecule has 4 aromatic rings. The average molecular weight is 472 g/mol. The van der Waals surface area contributed by atoms with Gasteiger partial charge < -0.3 is 14.4 Å². The lowest BCUT2D eigenvalue weighted by atomic mass is 9.67. The first-order chi connectivity index (χ1) is 16.1. The van der Waals surface area contributed by atoms with Crippen LogP contribution in [0.2, 0.25) is 0 Å². The number of aromatic amines is 1. The first-order valence-electron chi connectivity index (χ1n) is 10.8. The number of aliphatic carboxylic acids is 1. The Kier molecular flexibility index (Phi) is 4.98. The number of methoxy groups -OCH3 is 1. The second-order valence-corrected chi connectivity index (χ2v) is 9.55. The molecule has 34 heavy (non-hydrogen) atoms. The Balaban J connectivity index is 1.86. The zero-order valence-electron chi connectivity index (χ0n) is 18.8. The molecule has 7 nitrogen and oxygen atoms in total. The van der Waals surface area contributed by atoms with E-state index in [0.29, 0.717) is 39.0 Å². The standard InChI is InChI=1S/C24H23F3N4O3/c1-23(2,11-34-3)20-18(13-8-24(27,9-13)22(32)33)19-17(6-12-10-28-30-21(12)29-19)31(20)14-4-5-15(25)16(26)7-14/h4-7,10,13H,8-9,11H2,1-3H3,(H,32,33)(H,28,29,30)/t13-,24+. The topological polar surface area (TPSA) is 93.0 Å². The van der Waals surface area contributed by atoms with Gasteiger partial charge in [0.25, 0.3) is 0 Å². The molecule has 1 aromatic carbocycles. The monoisotopic (exact) mass is 472 g/mol. The normalized spacial score (nSPS) is 20.7. The fourth-order valence-electron chi connectivity index (χ4n) is 5.07. The maximum Gasteiger partial charge on any atom is 0.341 e. The number of carboxylic acids is 1. The van der Waals surface area contributed by atoms with Crippen LogP contribution in [0.3, 0.4) is 0 Å². The van der Waals surface area contributed by atoms with Gasteiger partial charge in [-0.25, -0.2) is 22.9 Å². The molecule has 0 amide bonds. The number of nitrogens with one attached hydrogen (secondary N) is 1. The molecular formula is C24H23F3N4O3. The highest BCUT2D eigenvalue weighted by Gasteiger charge is 2.54. The summed E-state index contributed by atoms with van der Waals surface area (Å²) in [7, 11) is 1.56. The maximum absolute atomic E-state index is 14.8. The van der Waals surface area contributed by atoms with E-state index in [4.69, 9.17) is 9.72 Å². The summed E-state index contributed by atoms with van der Waals surface area (Å²) >= 11 is 0. The van der Waals surface area contributed by atoms with Crippen molar-refractivity contribution in [3.05, 3.63) is 53.4 Å². The number of pyridine rings is 1. The number of halogens is 3. The Morgan fingerprint density at radius 1 is 1.29 bits per heavy atom. The van der Waals surface area contributed by atoms with Crippen LogP contribution < -0.4 is 0 Å². The van der Waals surface area contributed by atoms with Crippen LogP contribution in [0.25, 0.3) is 27.8 Å². The van der Waals surface area contributed by atoms with Crippen LogP contribution in [0.1, 0.15) is 43.9 Å². The van der Waals surface area contributed by atoms with Crippen LogP contribution in [0.5, 0.6) is 0 Å². The molecule has 10 heteroatoms. The van der Waals surface area contributed by atoms with Crippen molar-refractivity contribution in [1.29, 1.82) is 0 Å². The van der Waals surface area contributed by atoms with E-state index < -0.39 is 34.6 Å². The number of hydrogen-bond acceptors (Lipinski definition) is 4. The van der Waals surface area contributed by atoms with E-state index in [1.165, 1.54) is 6.07 Å². The average Bonchev–Trinajstić information content (AvgIpc) is 3.33. The van der Waals surface area contributed by atoms with Gasteiger partial charge in [-0.2, -0.15) is 5.10 Å². The minimum Gasteiger partial charge on any atom is -0.479 e. The smallest absolute Gasteiger partial charge is 0.341 e. The van der Waals surface area contributed by atoms with Crippen molar-refractivity contribution in [3.63, 3.8) is 0 Å². The molecule has 0 aliphatic heterocycles. The van der Waals surface area contributed by atoms with Crippen LogP contribution in [-0.4, -0.2) is 50.2 Å². The molecule has 3 aromatic heterocycles. The highest BCUT2D eigenvalue weighted by atomic mass is 19.2. The second kappa shape index (κ2) is 7.56. The molecule has 1 aliphatic rings. The summed E-state index contributed by atoms with van der Waals surface area (Å²) in [6, 6.07) is 5.44. The van der Waals surface area contributed by atoms with Crippen molar-refractivity contribution in [1.82, 2.24) is 19.7 Å². The van der Waals surface area contributed by atoms with Crippen LogP contribution in [0, 0.1) is 11.6 Å². The number of aromatic nitrogens is 4. The predicted octanol–water partition coefficient (Wildman–Crippen LogP) is 4.77. The molecule has 0 bridgehead atoms. The van der Waals surface area contributed by atoms with Crippen LogP contribution in [0.4, 0.5) is 13.2 Å². The fourth-order valence-corrected chi connectivity index (χ4v) is 5.07. The van der Waals surface area contributed by atoms with Crippen LogP contribution >= 0.6 is 0 Å². The second-order valence-electron chi connectivity index (χ2n) is 9.55. The zero-order chi connectivity index (χ0) is 24.4. The van der Waals surface area contributed by atoms with Gasteiger partial charge in [0, 0.05) is 40.9 Å². The number of alkyl halides is 1. The van der Waals surface area contributed by atoms with Gasteiger partial charge in [-0.05, 0) is 37.0 Å². The summed E-state index contributed by atoms with van der Waals surface area (Å²) in [5, 5.41) is 16.9. The van der Waals surface area contributed by atoms with Crippen molar-refractivity contribution >= 4 is 28.0 Å². The minimum absolute atomic E-state index is 0.210. The molecule has 0 spiro atoms. The summed E-state index contributed by atoms with van der Waals surface area (Å²) in [5.74, 6) is -3.91. The Bertz CT molecular complexity index is 1440. The van der Waals surface area contributed by atoms with Crippen molar-refractivity contribution in [2.45, 2.75) is 43.7 Å². The van der Waals surface area contributed by atoms with Gasteiger partial charge in [0.2, 0.25) is 5.67 Å². The summed E-state index contributed by atoms with van der Waals surface area (Å²) in [4.78, 5) is 16.2. The Morgan fingerprint density at radius 3 is 2.68 bits per heavy atom. The lowest BCUT2D eigenvalue weighted by molar-refractivity contribution is -0.158. The van der Waals surface area contributed by atoms with E-state index >= 15 is 0 Å². The number of carboxylic acid groups (broad SMARTS) is 1. The Labute approximate surface area is 192 Å². The highest BCUT2D eigenvalue weighted by Crippen LogP contribution is 2.53. The number of hydrogen-bond donors (Lipinski definition) is 2. The van der Waals surface area contributed by atoms with E-state index in [0.717, 1.165) is 12.1 Å². The van der Waals surface area contributed by atoms with E-state index in [2.05, 4.69) is 10.2 Å². The molecule has 2 N–H and O–H groups in total. The molecule has 0 saturated heterocycles. The third-order valence-electron chi connectivity index (χ3n) is 6.62. The summed E-state index contributed by atoms with van der Waals surface area (Å²) in [6.07, 6.45) is 1.18. The third-order valence-corrected chi connectivity index (χ3v) is 6.62. The number of fused-ring (bicyclic) bond motifs is 2. The van der Waals surface area contributed by atoms with Gasteiger partial charge in [0.15, 0.2) is 17.3 Å². The number of nitrogens with zero attached hydrogens (tertiary/aromatic N) is 3. The van der Waals surface area contributed by atoms with E-state index in [1.54, 1.807) is 17.9 Å². The van der Waals surface area contributed by atoms with Crippen molar-refractivity contribution < 1.29 is 27.8 Å². The molecule has 178 valence electrons. The predicted molar refractivity (Wildman–Crippen MR) is 119 cm³/mol. The van der Waals surface area contributed by atoms with E-state index in [1.807, 2.05) is 19.9 Å². The zero-order valence-corrected chi connectivity index (χ0v) is 18.8. The maximum atomic E-state index is 14.8. The molecule has 5 rings (SSSR count). The lowest BCUT2D eigenvalue weighted by Gasteiger charge is -2.40. The molecular weight excluding hydrogens is 449 g/mol. The van der Waals surface area contributed by atoms with Gasteiger partial charge in [-0.15, -0.1) is 0 Å². The van der Waals surface area contributed by atoms with Gasteiger partial charge >= 0.3 is 5.97 Å². The minimum atomic E-state index is -2.32. The summed E-state index contributed by atoms with van der Waals surface area (Å²) in [5.41, 5.74) is 0.369. The first kappa shape index (κ1) is 22.4. The summed E-state index contributed by atoms with van der Waals surface area (Å²) in [6.45, 7) is 4.12. The van der Waals surface area contributed by atoms with Gasteiger partial charge in [-0.3, -0.25) is 5.10 Å². The quantitative estimate of drug-likeness (QED) is 0.422. The first-order valence-corrected chi connectivity index (χ1v) is 10.8. The SMILES string of the molecule is COCC(C)(C)c1c([C@H]2C[C@](F)(C(=O)O)C2)c2nc3[nH]ncc3cc2n1-c1ccc(F)c(F)c1. The van der Waals surface area contributed by atoms with Crippen molar-refractivity contribution in [2.75, 3.05) is 13.7 Å². The molecule has 0 atom stereocenters. The molecule has 1 saturated carbocycles. The number of carbonyl (C=O) groups is 1. The molecule has 0 radical (unpaired) electrons. The van der Waals surface area contributed by atoms with Crippen molar-refractivity contribution in [3.8, 4) is 5.69 Å². The number of benzene rings is 1. The van der Waals surface area contributed by atoms with Crippen molar-refractivity contribution in [2.24, 2.45) is 0 Å². The Morgan fingerprint density at radius 2 is 2.03 bits per heavy atom. The Hall–Kier alpha value is -3.40. The number of ether oxygens (including phenoxy) is 1. The largest absolute Gasteiger partial charge is 0.479 e. The molecule has 0 unspecified atom stereocenters. The van der Waals surface area contributed by atoms with Crippen LogP contribution in [0.15, 0.2) is 30.5 Å². The van der Waals surface area contributed by atoms with E-state index in [9.17, 15) is 23.1 Å². The number of H-pyrrole nitrogens is 1.